The standard InChI is InChI=1S/C15H12F3NO2/c16-15(17,18)13-4-5-14(19-9-13)21-7-6-11-2-1-3-12(8-11)10-20/h1-5,8-10H,6-7H2. The molecular formula is C15H12F3NO2. The van der Waals surface area contributed by atoms with Crippen LogP contribution in [0.15, 0.2) is 42.6 Å². The summed E-state index contributed by atoms with van der Waals surface area (Å²) in [6.07, 6.45) is -2.38. The van der Waals surface area contributed by atoms with Gasteiger partial charge in [-0.25, -0.2) is 4.98 Å². The number of ether oxygens (including phenoxy) is 1. The Labute approximate surface area is 119 Å². The molecule has 0 fully saturated rings. The lowest BCUT2D eigenvalue weighted by Crippen LogP contribution is -2.07. The highest BCUT2D eigenvalue weighted by Gasteiger charge is 2.30. The number of hydrogen-bond donors (Lipinski definition) is 0. The molecule has 1 heterocycles. The average molecular weight is 295 g/mol. The van der Waals surface area contributed by atoms with E-state index >= 15 is 0 Å². The lowest BCUT2D eigenvalue weighted by atomic mass is 10.1. The number of nitrogens with zero attached hydrogens (tertiary/aromatic N) is 1. The first-order valence-corrected chi connectivity index (χ1v) is 6.19. The van der Waals surface area contributed by atoms with Gasteiger partial charge in [0.05, 0.1) is 12.2 Å². The fourth-order valence-corrected chi connectivity index (χ4v) is 1.73. The molecule has 0 amide bonds. The van der Waals surface area contributed by atoms with Crippen LogP contribution in [0.1, 0.15) is 21.5 Å². The second kappa shape index (κ2) is 6.39. The van der Waals surface area contributed by atoms with Crippen molar-refractivity contribution in [2.24, 2.45) is 0 Å². The Bertz CT molecular complexity index is 609. The summed E-state index contributed by atoms with van der Waals surface area (Å²) >= 11 is 0. The smallest absolute Gasteiger partial charge is 0.417 e. The van der Waals surface area contributed by atoms with Gasteiger partial charge in [0.1, 0.15) is 6.29 Å². The molecule has 1 aromatic carbocycles. The summed E-state index contributed by atoms with van der Waals surface area (Å²) in [6, 6.07) is 9.14. The van der Waals surface area contributed by atoms with Crippen molar-refractivity contribution in [2.45, 2.75) is 12.6 Å². The van der Waals surface area contributed by atoms with E-state index in [0.29, 0.717) is 12.0 Å². The van der Waals surface area contributed by atoms with E-state index in [9.17, 15) is 18.0 Å². The van der Waals surface area contributed by atoms with Crippen molar-refractivity contribution in [2.75, 3.05) is 6.61 Å². The number of aromatic nitrogens is 1. The Morgan fingerprint density at radius 1 is 1.19 bits per heavy atom. The Hall–Kier alpha value is -2.37. The molecule has 3 nitrogen and oxygen atoms in total. The number of pyridine rings is 1. The molecule has 0 N–H and O–H groups in total. The second-order valence-corrected chi connectivity index (χ2v) is 4.34. The topological polar surface area (TPSA) is 39.2 Å². The molecule has 0 atom stereocenters. The number of carbonyl (C=O) groups is 1. The Morgan fingerprint density at radius 3 is 2.62 bits per heavy atom. The molecule has 0 spiro atoms. The fourth-order valence-electron chi connectivity index (χ4n) is 1.73. The number of rotatable bonds is 5. The normalized spacial score (nSPS) is 11.2. The van der Waals surface area contributed by atoms with Gasteiger partial charge in [-0.2, -0.15) is 13.2 Å². The molecule has 6 heteroatoms. The minimum atomic E-state index is -4.40. The molecule has 0 aliphatic heterocycles. The zero-order valence-corrected chi connectivity index (χ0v) is 10.9. The van der Waals surface area contributed by atoms with E-state index in [4.69, 9.17) is 4.74 Å². The molecule has 2 rings (SSSR count). The van der Waals surface area contributed by atoms with Gasteiger partial charge < -0.3 is 4.74 Å². The van der Waals surface area contributed by atoms with Crippen LogP contribution in [0.3, 0.4) is 0 Å². The monoisotopic (exact) mass is 295 g/mol. The molecule has 21 heavy (non-hydrogen) atoms. The van der Waals surface area contributed by atoms with Crippen molar-refractivity contribution in [3.8, 4) is 5.88 Å². The molecule has 110 valence electrons. The number of carbonyl (C=O) groups excluding carboxylic acids is 1. The minimum absolute atomic E-state index is 0.134. The lowest BCUT2D eigenvalue weighted by Gasteiger charge is -2.08. The van der Waals surface area contributed by atoms with Gasteiger partial charge in [0, 0.05) is 24.2 Å². The van der Waals surface area contributed by atoms with Crippen molar-refractivity contribution in [3.63, 3.8) is 0 Å². The van der Waals surface area contributed by atoms with E-state index in [0.717, 1.165) is 24.1 Å². The first-order valence-electron chi connectivity index (χ1n) is 6.19. The highest BCUT2D eigenvalue weighted by Crippen LogP contribution is 2.29. The number of benzene rings is 1. The molecule has 2 aromatic rings. The highest BCUT2D eigenvalue weighted by atomic mass is 19.4. The number of aldehydes is 1. The molecule has 1 aromatic heterocycles. The van der Waals surface area contributed by atoms with Gasteiger partial charge in [-0.3, -0.25) is 4.79 Å². The van der Waals surface area contributed by atoms with Gasteiger partial charge in [0.2, 0.25) is 5.88 Å². The van der Waals surface area contributed by atoms with Crippen molar-refractivity contribution < 1.29 is 22.7 Å². The Balaban J connectivity index is 1.90. The summed E-state index contributed by atoms with van der Waals surface area (Å²) in [5.41, 5.74) is 0.667. The zero-order chi connectivity index (χ0) is 15.3. The van der Waals surface area contributed by atoms with Gasteiger partial charge in [-0.15, -0.1) is 0 Å². The van der Waals surface area contributed by atoms with Crippen LogP contribution in [0, 0.1) is 0 Å². The molecule has 0 radical (unpaired) electrons. The largest absolute Gasteiger partial charge is 0.477 e. The summed E-state index contributed by atoms with van der Waals surface area (Å²) in [5, 5.41) is 0. The summed E-state index contributed by atoms with van der Waals surface area (Å²) in [5.74, 6) is 0.134. The quantitative estimate of drug-likeness (QED) is 0.792. The zero-order valence-electron chi connectivity index (χ0n) is 10.9. The van der Waals surface area contributed by atoms with E-state index in [-0.39, 0.29) is 12.5 Å². The summed E-state index contributed by atoms with van der Waals surface area (Å²) in [6.45, 7) is 0.265. The molecule has 0 unspecified atom stereocenters. The van der Waals surface area contributed by atoms with Crippen molar-refractivity contribution in [1.29, 1.82) is 0 Å². The van der Waals surface area contributed by atoms with Crippen LogP contribution in [0.25, 0.3) is 0 Å². The molecule has 0 saturated carbocycles. The van der Waals surface area contributed by atoms with Crippen LogP contribution < -0.4 is 4.74 Å². The average Bonchev–Trinajstić information content (AvgIpc) is 2.47. The first-order chi connectivity index (χ1) is 9.99. The van der Waals surface area contributed by atoms with Crippen molar-refractivity contribution >= 4 is 6.29 Å². The molecule has 0 aliphatic rings. The predicted octanol–water partition coefficient (Wildman–Crippen LogP) is 3.53. The number of hydrogen-bond acceptors (Lipinski definition) is 3. The SMILES string of the molecule is O=Cc1cccc(CCOc2ccc(C(F)(F)F)cn2)c1. The second-order valence-electron chi connectivity index (χ2n) is 4.34. The van der Waals surface area contributed by atoms with Crippen molar-refractivity contribution in [3.05, 3.63) is 59.3 Å². The molecule has 0 aliphatic carbocycles. The van der Waals surface area contributed by atoms with Crippen LogP contribution in [-0.2, 0) is 12.6 Å². The van der Waals surface area contributed by atoms with Gasteiger partial charge in [-0.05, 0) is 17.7 Å². The lowest BCUT2D eigenvalue weighted by molar-refractivity contribution is -0.137. The van der Waals surface area contributed by atoms with E-state index in [2.05, 4.69) is 4.98 Å². The minimum Gasteiger partial charge on any atom is -0.477 e. The van der Waals surface area contributed by atoms with Crippen LogP contribution in [-0.4, -0.2) is 17.9 Å². The van der Waals surface area contributed by atoms with E-state index in [1.807, 2.05) is 6.07 Å². The highest BCUT2D eigenvalue weighted by molar-refractivity contribution is 5.74. The van der Waals surface area contributed by atoms with Gasteiger partial charge in [0.15, 0.2) is 0 Å². The van der Waals surface area contributed by atoms with E-state index in [1.54, 1.807) is 18.2 Å². The Morgan fingerprint density at radius 2 is 2.00 bits per heavy atom. The maximum absolute atomic E-state index is 12.4. The summed E-state index contributed by atoms with van der Waals surface area (Å²) < 4.78 is 42.3. The van der Waals surface area contributed by atoms with Gasteiger partial charge in [0.25, 0.3) is 0 Å². The van der Waals surface area contributed by atoms with Crippen LogP contribution in [0.2, 0.25) is 0 Å². The third-order valence-electron chi connectivity index (χ3n) is 2.79. The number of alkyl halides is 3. The summed E-state index contributed by atoms with van der Waals surface area (Å²) in [4.78, 5) is 14.2. The van der Waals surface area contributed by atoms with Crippen molar-refractivity contribution in [1.82, 2.24) is 4.98 Å². The number of halogens is 3. The van der Waals surface area contributed by atoms with Gasteiger partial charge in [-0.1, -0.05) is 18.2 Å². The third kappa shape index (κ3) is 4.30. The van der Waals surface area contributed by atoms with Gasteiger partial charge >= 0.3 is 6.18 Å². The molecule has 0 saturated heterocycles. The molecular weight excluding hydrogens is 283 g/mol. The summed E-state index contributed by atoms with van der Waals surface area (Å²) in [7, 11) is 0. The Kier molecular flexibility index (Phi) is 4.57. The molecule has 0 bridgehead atoms. The van der Waals surface area contributed by atoms with E-state index < -0.39 is 11.7 Å². The maximum atomic E-state index is 12.4. The van der Waals surface area contributed by atoms with Crippen LogP contribution in [0.5, 0.6) is 5.88 Å². The maximum Gasteiger partial charge on any atom is 0.417 e. The van der Waals surface area contributed by atoms with Crippen LogP contribution in [0.4, 0.5) is 13.2 Å². The van der Waals surface area contributed by atoms with Crippen LogP contribution >= 0.6 is 0 Å². The van der Waals surface area contributed by atoms with E-state index in [1.165, 1.54) is 6.07 Å². The fraction of sp³-hybridized carbons (Fsp3) is 0.200. The third-order valence-corrected chi connectivity index (χ3v) is 2.79. The first kappa shape index (κ1) is 15.0. The predicted molar refractivity (Wildman–Crippen MR) is 70.3 cm³/mol.